The summed E-state index contributed by atoms with van der Waals surface area (Å²) in [6, 6.07) is 37.6. The van der Waals surface area contributed by atoms with Gasteiger partial charge in [0, 0.05) is 23.3 Å². The molecule has 1 atom stereocenters. The van der Waals surface area contributed by atoms with Crippen LogP contribution in [0.15, 0.2) is 121 Å². The van der Waals surface area contributed by atoms with E-state index in [2.05, 4.69) is 6.92 Å². The summed E-state index contributed by atoms with van der Waals surface area (Å²) >= 11 is 0. The Bertz CT molecular complexity index is 1080. The zero-order valence-electron chi connectivity index (χ0n) is 19.5. The number of ether oxygens (including phenoxy) is 1. The quantitative estimate of drug-likeness (QED) is 0.198. The summed E-state index contributed by atoms with van der Waals surface area (Å²) < 4.78 is 5.84. The molecule has 3 nitrogen and oxygen atoms in total. The van der Waals surface area contributed by atoms with E-state index in [0.29, 0.717) is 12.2 Å². The van der Waals surface area contributed by atoms with Crippen LogP contribution >= 0.6 is 0 Å². The first kappa shape index (κ1) is 24.8. The number of hydrogen-bond donors (Lipinski definition) is 0. The van der Waals surface area contributed by atoms with Gasteiger partial charge in [-0.05, 0) is 12.0 Å². The second kappa shape index (κ2) is 13.7. The highest BCUT2D eigenvalue weighted by Gasteiger charge is 2.22. The molecule has 34 heavy (non-hydrogen) atoms. The first-order valence-corrected chi connectivity index (χ1v) is 11.6. The van der Waals surface area contributed by atoms with E-state index in [-0.39, 0.29) is 11.6 Å². The van der Waals surface area contributed by atoms with Gasteiger partial charge in [-0.3, -0.25) is 9.59 Å². The van der Waals surface area contributed by atoms with Gasteiger partial charge in [0.25, 0.3) is 0 Å². The highest BCUT2D eigenvalue weighted by atomic mass is 16.5. The van der Waals surface area contributed by atoms with Gasteiger partial charge in [0.05, 0.1) is 0 Å². The number of Topliss-reactive ketones (excluding diaryl/α,β-unsaturated/α-hetero) is 1. The van der Waals surface area contributed by atoms with Gasteiger partial charge in [0.1, 0.15) is 6.10 Å². The Balaban J connectivity index is 0.000000202. The molecule has 0 heterocycles. The average molecular weight is 451 g/mol. The third-order valence-electron chi connectivity index (χ3n) is 5.25. The van der Waals surface area contributed by atoms with Crippen LogP contribution in [0, 0.1) is 0 Å². The molecule has 0 amide bonds. The number of hydrogen-bond acceptors (Lipinski definition) is 3. The van der Waals surface area contributed by atoms with Crippen LogP contribution in [-0.4, -0.2) is 18.2 Å². The van der Waals surface area contributed by atoms with Crippen molar-refractivity contribution in [3.05, 3.63) is 144 Å². The van der Waals surface area contributed by atoms with Crippen LogP contribution in [0.25, 0.3) is 0 Å². The minimum absolute atomic E-state index is 0.0212. The maximum Gasteiger partial charge on any atom is 0.196 e. The van der Waals surface area contributed by atoms with Crippen LogP contribution in [-0.2, 0) is 4.74 Å². The molecular weight excluding hydrogens is 420 g/mol. The van der Waals surface area contributed by atoms with Gasteiger partial charge in [-0.25, -0.2) is 0 Å². The third-order valence-corrected chi connectivity index (χ3v) is 5.25. The van der Waals surface area contributed by atoms with E-state index in [9.17, 15) is 9.59 Å². The fourth-order valence-corrected chi connectivity index (χ4v) is 3.40. The lowest BCUT2D eigenvalue weighted by atomic mass is 10.00. The molecule has 0 saturated carbocycles. The number of ketones is 2. The Morgan fingerprint density at radius 1 is 0.618 bits per heavy atom. The lowest BCUT2D eigenvalue weighted by Gasteiger charge is -2.17. The van der Waals surface area contributed by atoms with Gasteiger partial charge in [-0.2, -0.15) is 0 Å². The molecule has 1 unspecified atom stereocenters. The first-order chi connectivity index (χ1) is 16.7. The normalized spacial score (nSPS) is 11.1. The van der Waals surface area contributed by atoms with E-state index in [1.54, 1.807) is 0 Å². The summed E-state index contributed by atoms with van der Waals surface area (Å²) in [5.41, 5.74) is 3.08. The van der Waals surface area contributed by atoms with Crippen LogP contribution in [0.3, 0.4) is 0 Å². The molecule has 3 heteroatoms. The molecule has 0 bridgehead atoms. The van der Waals surface area contributed by atoms with Crippen LogP contribution < -0.4 is 0 Å². The Morgan fingerprint density at radius 3 is 1.47 bits per heavy atom. The van der Waals surface area contributed by atoms with E-state index in [1.165, 1.54) is 0 Å². The fourth-order valence-electron chi connectivity index (χ4n) is 3.40. The molecule has 0 saturated heterocycles. The monoisotopic (exact) mass is 450 g/mol. The summed E-state index contributed by atoms with van der Waals surface area (Å²) in [5, 5.41) is 0. The molecule has 0 aromatic heterocycles. The first-order valence-electron chi connectivity index (χ1n) is 11.6. The van der Waals surface area contributed by atoms with E-state index >= 15 is 0 Å². The molecule has 0 aliphatic rings. The third kappa shape index (κ3) is 7.36. The van der Waals surface area contributed by atoms with Crippen LogP contribution in [0.5, 0.6) is 0 Å². The fraction of sp³-hybridized carbons (Fsp3) is 0.161. The molecule has 172 valence electrons. The summed E-state index contributed by atoms with van der Waals surface area (Å²) in [4.78, 5) is 24.5. The van der Waals surface area contributed by atoms with E-state index in [0.717, 1.165) is 29.5 Å². The van der Waals surface area contributed by atoms with Gasteiger partial charge in [0.2, 0.25) is 0 Å². The van der Waals surface area contributed by atoms with Crippen molar-refractivity contribution in [2.24, 2.45) is 0 Å². The van der Waals surface area contributed by atoms with Crippen LogP contribution in [0.4, 0.5) is 0 Å². The van der Waals surface area contributed by atoms with Crippen molar-refractivity contribution in [3.8, 4) is 0 Å². The largest absolute Gasteiger partial charge is 0.365 e. The second-order valence-corrected chi connectivity index (χ2v) is 7.81. The maximum atomic E-state index is 12.6. The highest BCUT2D eigenvalue weighted by Crippen LogP contribution is 2.22. The van der Waals surface area contributed by atoms with Crippen LogP contribution in [0.2, 0.25) is 0 Å². The summed E-state index contributed by atoms with van der Waals surface area (Å²) in [6.45, 7) is 2.72. The van der Waals surface area contributed by atoms with Gasteiger partial charge in [-0.1, -0.05) is 135 Å². The predicted octanol–water partition coefficient (Wildman–Crippen LogP) is 7.34. The molecule has 0 spiro atoms. The van der Waals surface area contributed by atoms with Gasteiger partial charge < -0.3 is 4.74 Å². The Hall–Kier alpha value is -3.82. The predicted molar refractivity (Wildman–Crippen MR) is 137 cm³/mol. The molecule has 4 aromatic carbocycles. The van der Waals surface area contributed by atoms with Gasteiger partial charge in [-0.15, -0.1) is 0 Å². The number of rotatable bonds is 9. The van der Waals surface area contributed by atoms with Gasteiger partial charge >= 0.3 is 0 Å². The topological polar surface area (TPSA) is 43.4 Å². The van der Waals surface area contributed by atoms with Crippen molar-refractivity contribution in [3.63, 3.8) is 0 Å². The molecule has 0 aliphatic carbocycles. The molecule has 0 radical (unpaired) electrons. The summed E-state index contributed by atoms with van der Waals surface area (Å²) in [6.07, 6.45) is 1.51. The maximum absolute atomic E-state index is 12.6. The molecule has 0 aliphatic heterocycles. The van der Waals surface area contributed by atoms with Crippen molar-refractivity contribution in [1.29, 1.82) is 0 Å². The zero-order chi connectivity index (χ0) is 24.0. The Labute approximate surface area is 202 Å². The number of carbonyl (C=O) groups is 2. The zero-order valence-corrected chi connectivity index (χ0v) is 19.5. The minimum Gasteiger partial charge on any atom is -0.365 e. The lowest BCUT2D eigenvalue weighted by molar-refractivity contribution is 0.0395. The van der Waals surface area contributed by atoms with E-state index < -0.39 is 6.10 Å². The van der Waals surface area contributed by atoms with Crippen molar-refractivity contribution >= 4 is 11.6 Å². The summed E-state index contributed by atoms with van der Waals surface area (Å²) in [7, 11) is 0. The summed E-state index contributed by atoms with van der Waals surface area (Å²) in [5.74, 6) is 0.0964. The number of benzene rings is 4. The Morgan fingerprint density at radius 2 is 1.03 bits per heavy atom. The van der Waals surface area contributed by atoms with Crippen molar-refractivity contribution in [2.45, 2.75) is 25.9 Å². The molecular formula is C31H30O3. The van der Waals surface area contributed by atoms with E-state index in [1.807, 2.05) is 121 Å². The minimum atomic E-state index is -0.509. The second-order valence-electron chi connectivity index (χ2n) is 7.81. The SMILES string of the molecule is CCCCOC(C(=O)c1ccccc1)c1ccccc1.O=C(c1ccccc1)c1ccccc1. The van der Waals surface area contributed by atoms with Crippen LogP contribution in [0.1, 0.15) is 57.7 Å². The molecule has 0 N–H and O–H groups in total. The molecule has 4 aromatic rings. The number of carbonyl (C=O) groups excluding carboxylic acids is 2. The van der Waals surface area contributed by atoms with Gasteiger partial charge in [0.15, 0.2) is 11.6 Å². The lowest BCUT2D eigenvalue weighted by Crippen LogP contribution is -2.17. The standard InChI is InChI=1S/C18H20O2.C13H10O/c1-2-3-14-20-18(16-12-8-5-9-13-16)17(19)15-10-6-4-7-11-15;14-13(11-7-3-1-4-8-11)12-9-5-2-6-10-12/h4-13,18H,2-3,14H2,1H3;1-10H. The van der Waals surface area contributed by atoms with E-state index in [4.69, 9.17) is 4.74 Å². The average Bonchev–Trinajstić information content (AvgIpc) is 2.93. The van der Waals surface area contributed by atoms with Crippen molar-refractivity contribution < 1.29 is 14.3 Å². The highest BCUT2D eigenvalue weighted by molar-refractivity contribution is 6.08. The molecule has 4 rings (SSSR count). The number of unbranched alkanes of at least 4 members (excludes halogenated alkanes) is 1. The molecule has 0 fully saturated rings. The smallest absolute Gasteiger partial charge is 0.196 e. The Kier molecular flexibility index (Phi) is 9.97. The van der Waals surface area contributed by atoms with Crippen molar-refractivity contribution in [2.75, 3.05) is 6.61 Å². The van der Waals surface area contributed by atoms with Crippen molar-refractivity contribution in [1.82, 2.24) is 0 Å².